The van der Waals surface area contributed by atoms with Crippen molar-refractivity contribution in [1.82, 2.24) is 0 Å². The second-order valence-electron chi connectivity index (χ2n) is 2.86. The first-order valence-corrected chi connectivity index (χ1v) is 4.85. The molecule has 1 aromatic carbocycles. The Morgan fingerprint density at radius 1 is 1.47 bits per heavy atom. The van der Waals surface area contributed by atoms with E-state index in [1.807, 2.05) is 0 Å². The van der Waals surface area contributed by atoms with Crippen molar-refractivity contribution in [3.8, 4) is 0 Å². The van der Waals surface area contributed by atoms with E-state index in [-0.39, 0.29) is 16.5 Å². The zero-order valence-electron chi connectivity index (χ0n) is 7.64. The Labute approximate surface area is 96.5 Å². The van der Waals surface area contributed by atoms with Crippen LogP contribution < -0.4 is 5.73 Å². The van der Waals surface area contributed by atoms with Crippen LogP contribution in [0.1, 0.15) is 12.0 Å². The van der Waals surface area contributed by atoms with E-state index in [1.165, 1.54) is 18.2 Å². The van der Waals surface area contributed by atoms with E-state index in [9.17, 15) is 9.18 Å². The molecular formula is C10H8Cl2FNO. The molecule has 0 fully saturated rings. The Hall–Kier alpha value is -1.06. The minimum Gasteiger partial charge on any atom is -0.369 e. The number of carbonyl (C=O) groups is 1. The van der Waals surface area contributed by atoms with Crippen LogP contribution in [0.5, 0.6) is 0 Å². The van der Waals surface area contributed by atoms with Crippen LogP contribution in [-0.4, -0.2) is 5.91 Å². The van der Waals surface area contributed by atoms with Crippen molar-refractivity contribution in [2.24, 2.45) is 5.73 Å². The molecule has 80 valence electrons. The maximum absolute atomic E-state index is 13.1. The molecule has 0 saturated heterocycles. The summed E-state index contributed by atoms with van der Waals surface area (Å²) in [4.78, 5) is 10.4. The zero-order valence-corrected chi connectivity index (χ0v) is 9.15. The quantitative estimate of drug-likeness (QED) is 0.821. The first-order valence-electron chi connectivity index (χ1n) is 4.10. The van der Waals surface area contributed by atoms with Gasteiger partial charge in [-0.25, -0.2) is 4.39 Å². The molecular weight excluding hydrogens is 240 g/mol. The highest BCUT2D eigenvalue weighted by Crippen LogP contribution is 2.25. The number of carbonyl (C=O) groups excluding carboxylic acids is 1. The van der Waals surface area contributed by atoms with E-state index in [4.69, 9.17) is 28.9 Å². The summed E-state index contributed by atoms with van der Waals surface area (Å²) in [6.07, 6.45) is 3.08. The van der Waals surface area contributed by atoms with Crippen molar-refractivity contribution < 1.29 is 9.18 Å². The molecule has 1 aromatic rings. The number of halogens is 3. The van der Waals surface area contributed by atoms with Crippen molar-refractivity contribution in [3.05, 3.63) is 39.6 Å². The number of benzene rings is 1. The van der Waals surface area contributed by atoms with Gasteiger partial charge < -0.3 is 5.73 Å². The molecule has 0 bridgehead atoms. The minimum atomic E-state index is -0.595. The molecule has 2 N–H and O–H groups in total. The Morgan fingerprint density at radius 2 is 2.13 bits per heavy atom. The zero-order chi connectivity index (χ0) is 11.4. The van der Waals surface area contributed by atoms with Gasteiger partial charge in [0.25, 0.3) is 0 Å². The highest BCUT2D eigenvalue weighted by Gasteiger charge is 2.05. The van der Waals surface area contributed by atoms with Gasteiger partial charge in [-0.15, -0.1) is 0 Å². The van der Waals surface area contributed by atoms with Gasteiger partial charge in [0.1, 0.15) is 5.82 Å². The summed E-state index contributed by atoms with van der Waals surface area (Å²) in [5, 5.41) is 0.218. The Morgan fingerprint density at radius 3 is 2.73 bits per heavy atom. The molecule has 0 spiro atoms. The summed E-state index contributed by atoms with van der Waals surface area (Å²) in [5.74, 6) is -1.06. The first-order chi connectivity index (χ1) is 7.00. The number of rotatable bonds is 3. The second kappa shape index (κ2) is 5.14. The van der Waals surface area contributed by atoms with Crippen LogP contribution in [0.2, 0.25) is 10.0 Å². The highest BCUT2D eigenvalue weighted by molar-refractivity contribution is 6.34. The van der Waals surface area contributed by atoms with Gasteiger partial charge in [0.05, 0.1) is 5.02 Å². The summed E-state index contributed by atoms with van der Waals surface area (Å²) in [7, 11) is 0. The third-order valence-electron chi connectivity index (χ3n) is 1.64. The number of hydrogen-bond donors (Lipinski definition) is 1. The van der Waals surface area contributed by atoms with Crippen molar-refractivity contribution in [1.29, 1.82) is 0 Å². The monoisotopic (exact) mass is 247 g/mol. The molecule has 0 heterocycles. The van der Waals surface area contributed by atoms with Gasteiger partial charge in [0.15, 0.2) is 0 Å². The molecule has 2 nitrogen and oxygen atoms in total. The molecule has 0 aliphatic carbocycles. The fourth-order valence-corrected chi connectivity index (χ4v) is 1.38. The summed E-state index contributed by atoms with van der Waals surface area (Å²) >= 11 is 11.3. The topological polar surface area (TPSA) is 43.1 Å². The predicted octanol–water partition coefficient (Wildman–Crippen LogP) is 3.02. The lowest BCUT2D eigenvalue weighted by Crippen LogP contribution is -2.07. The van der Waals surface area contributed by atoms with E-state index in [2.05, 4.69) is 0 Å². The van der Waals surface area contributed by atoms with Crippen LogP contribution >= 0.6 is 23.2 Å². The summed E-state index contributed by atoms with van der Waals surface area (Å²) < 4.78 is 13.1. The van der Waals surface area contributed by atoms with E-state index < -0.39 is 11.7 Å². The Kier molecular flexibility index (Phi) is 4.12. The van der Waals surface area contributed by atoms with Gasteiger partial charge in [-0.05, 0) is 17.7 Å². The van der Waals surface area contributed by atoms with Crippen LogP contribution in [0, 0.1) is 5.82 Å². The molecule has 0 unspecified atom stereocenters. The standard InChI is InChI=1S/C10H8Cl2FNO/c11-7-4-6(2-1-3-9(14)15)10(12)8(13)5-7/h1-2,4-5H,3H2,(H2,14,15). The largest absolute Gasteiger partial charge is 0.369 e. The average Bonchev–Trinajstić information content (AvgIpc) is 2.12. The summed E-state index contributed by atoms with van der Waals surface area (Å²) in [6.45, 7) is 0. The molecule has 0 saturated carbocycles. The number of primary amides is 1. The van der Waals surface area contributed by atoms with Crippen LogP contribution in [-0.2, 0) is 4.79 Å². The fraction of sp³-hybridized carbons (Fsp3) is 0.100. The van der Waals surface area contributed by atoms with Crippen molar-refractivity contribution >= 4 is 35.2 Å². The molecule has 0 aliphatic rings. The lowest BCUT2D eigenvalue weighted by atomic mass is 10.2. The fourth-order valence-electron chi connectivity index (χ4n) is 0.999. The van der Waals surface area contributed by atoms with Gasteiger partial charge in [-0.3, -0.25) is 4.79 Å². The van der Waals surface area contributed by atoms with Crippen molar-refractivity contribution in [3.63, 3.8) is 0 Å². The van der Waals surface area contributed by atoms with Crippen LogP contribution in [0.4, 0.5) is 4.39 Å². The third kappa shape index (κ3) is 3.53. The Bertz CT molecular complexity index is 418. The number of amides is 1. The highest BCUT2D eigenvalue weighted by atomic mass is 35.5. The van der Waals surface area contributed by atoms with Crippen LogP contribution in [0.15, 0.2) is 18.2 Å². The molecule has 5 heteroatoms. The minimum absolute atomic E-state index is 0.0277. The van der Waals surface area contributed by atoms with E-state index >= 15 is 0 Å². The van der Waals surface area contributed by atoms with Crippen molar-refractivity contribution in [2.75, 3.05) is 0 Å². The maximum Gasteiger partial charge on any atom is 0.221 e. The predicted molar refractivity (Wildman–Crippen MR) is 59.3 cm³/mol. The molecule has 0 aromatic heterocycles. The van der Waals surface area contributed by atoms with Gasteiger partial charge in [-0.2, -0.15) is 0 Å². The molecule has 15 heavy (non-hydrogen) atoms. The average molecular weight is 248 g/mol. The number of hydrogen-bond acceptors (Lipinski definition) is 1. The number of nitrogens with two attached hydrogens (primary N) is 1. The molecule has 0 aliphatic heterocycles. The molecule has 0 atom stereocenters. The van der Waals surface area contributed by atoms with Gasteiger partial charge in [0, 0.05) is 11.4 Å². The van der Waals surface area contributed by atoms with E-state index in [0.29, 0.717) is 5.56 Å². The lowest BCUT2D eigenvalue weighted by Gasteiger charge is -2.00. The summed E-state index contributed by atoms with van der Waals surface area (Å²) in [6, 6.07) is 2.62. The second-order valence-corrected chi connectivity index (χ2v) is 3.68. The van der Waals surface area contributed by atoms with Gasteiger partial charge in [0.2, 0.25) is 5.91 Å². The third-order valence-corrected chi connectivity index (χ3v) is 2.25. The SMILES string of the molecule is NC(=O)CC=Cc1cc(Cl)cc(F)c1Cl. The molecule has 1 rings (SSSR count). The smallest absolute Gasteiger partial charge is 0.221 e. The van der Waals surface area contributed by atoms with Crippen LogP contribution in [0.3, 0.4) is 0 Å². The molecule has 1 amide bonds. The normalized spacial score (nSPS) is 10.9. The first kappa shape index (κ1) is 12.0. The lowest BCUT2D eigenvalue weighted by molar-refractivity contribution is -0.117. The van der Waals surface area contributed by atoms with Crippen molar-refractivity contribution in [2.45, 2.75) is 6.42 Å². The Balaban J connectivity index is 2.94. The van der Waals surface area contributed by atoms with Gasteiger partial charge in [-0.1, -0.05) is 35.4 Å². The summed E-state index contributed by atoms with van der Waals surface area (Å²) in [5.41, 5.74) is 5.35. The maximum atomic E-state index is 13.1. The van der Waals surface area contributed by atoms with E-state index in [1.54, 1.807) is 0 Å². The van der Waals surface area contributed by atoms with Gasteiger partial charge >= 0.3 is 0 Å². The molecule has 0 radical (unpaired) electrons. The van der Waals surface area contributed by atoms with Crippen LogP contribution in [0.25, 0.3) is 6.08 Å². The van der Waals surface area contributed by atoms with E-state index in [0.717, 1.165) is 6.07 Å².